The molecule has 2 atom stereocenters. The fraction of sp³-hybridized carbons (Fsp3) is 0.429. The fourth-order valence-corrected chi connectivity index (χ4v) is 3.01. The summed E-state index contributed by atoms with van der Waals surface area (Å²) in [4.78, 5) is 1.42. The number of allylic oxidation sites excluding steroid dienone is 2. The van der Waals surface area contributed by atoms with Gasteiger partial charge in [0.05, 0.1) is 11.5 Å². The minimum atomic E-state index is 0.408. The van der Waals surface area contributed by atoms with Crippen LogP contribution in [0.5, 0.6) is 0 Å². The Bertz CT molecular complexity index is 216. The number of nitrogens with one attached hydrogen (secondary N) is 1. The number of fused-ring (bicyclic) bond motifs is 1. The fourth-order valence-electron chi connectivity index (χ4n) is 1.36. The summed E-state index contributed by atoms with van der Waals surface area (Å²) < 4.78 is 5.40. The minimum absolute atomic E-state index is 0.408. The van der Waals surface area contributed by atoms with Gasteiger partial charge in [-0.05, 0) is 18.4 Å². The second-order valence-electron chi connectivity index (χ2n) is 2.67. The molecule has 0 radical (unpaired) electrons. The van der Waals surface area contributed by atoms with Crippen LogP contribution < -0.4 is 5.32 Å². The van der Waals surface area contributed by atoms with Crippen molar-refractivity contribution in [2.24, 2.45) is 0 Å². The van der Waals surface area contributed by atoms with Gasteiger partial charge in [-0.3, -0.25) is 0 Å². The molecule has 0 aromatic carbocycles. The molecule has 0 aromatic rings. The largest absolute Gasteiger partial charge is 0.416 e. The number of hydrogen-bond donors (Lipinski definition) is 1. The summed E-state index contributed by atoms with van der Waals surface area (Å²) in [5.41, 5.74) is 0.408. The summed E-state index contributed by atoms with van der Waals surface area (Å²) in [6, 6.07) is 0.531. The zero-order valence-electron chi connectivity index (χ0n) is 6.41. The van der Waals surface area contributed by atoms with Gasteiger partial charge in [0, 0.05) is 11.3 Å². The van der Waals surface area contributed by atoms with Gasteiger partial charge < -0.3 is 9.74 Å². The van der Waals surface area contributed by atoms with E-state index in [9.17, 15) is 0 Å². The van der Waals surface area contributed by atoms with Crippen molar-refractivity contribution in [3.63, 3.8) is 0 Å². The van der Waals surface area contributed by atoms with E-state index in [2.05, 4.69) is 11.4 Å². The van der Waals surface area contributed by atoms with Gasteiger partial charge in [0.2, 0.25) is 0 Å². The highest BCUT2D eigenvalue weighted by Crippen LogP contribution is 2.38. The van der Waals surface area contributed by atoms with Crippen LogP contribution in [0.3, 0.4) is 0 Å². The van der Waals surface area contributed by atoms with Crippen molar-refractivity contribution in [3.8, 4) is 0 Å². The van der Waals surface area contributed by atoms with E-state index in [1.807, 2.05) is 24.0 Å². The third-order valence-corrected chi connectivity index (χ3v) is 4.21. The quantitative estimate of drug-likeness (QED) is 0.586. The average Bonchev–Trinajstić information content (AvgIpc) is 2.46. The number of rotatable bonds is 1. The number of hydrogen-bond acceptors (Lipinski definition) is 3. The molecule has 11 heavy (non-hydrogen) atoms. The Hall–Kier alpha value is -0.193. The molecule has 2 rings (SSSR count). The Kier molecular flexibility index (Phi) is 2.06. The summed E-state index contributed by atoms with van der Waals surface area (Å²) in [6.45, 7) is 0. The van der Waals surface area contributed by atoms with Crippen LogP contribution in [0.4, 0.5) is 0 Å². The Morgan fingerprint density at radius 3 is 3.36 bits per heavy atom. The summed E-state index contributed by atoms with van der Waals surface area (Å²) in [5, 5.41) is 3.31. The maximum Gasteiger partial charge on any atom is 0.147 e. The van der Waals surface area contributed by atoms with E-state index in [1.54, 1.807) is 0 Å². The lowest BCUT2D eigenvalue weighted by Crippen LogP contribution is -2.24. The first-order valence-corrected chi connectivity index (χ1v) is 5.42. The van der Waals surface area contributed by atoms with Crippen LogP contribution in [0.1, 0.15) is 6.42 Å². The van der Waals surface area contributed by atoms with Gasteiger partial charge in [0.15, 0.2) is 0 Å². The van der Waals surface area contributed by atoms with E-state index in [0.717, 1.165) is 16.9 Å². The van der Waals surface area contributed by atoms with Crippen LogP contribution in [0.15, 0.2) is 23.3 Å². The molecule has 2 nitrogen and oxygen atoms in total. The normalized spacial score (nSPS) is 34.7. The van der Waals surface area contributed by atoms with Crippen molar-refractivity contribution >= 4 is 22.2 Å². The first-order valence-electron chi connectivity index (χ1n) is 3.72. The molecule has 2 unspecified atom stereocenters. The van der Waals surface area contributed by atoms with Crippen LogP contribution in [0.25, 0.3) is 0 Å². The second kappa shape index (κ2) is 3.04. The molecule has 0 aromatic heterocycles. The van der Waals surface area contributed by atoms with E-state index < -0.39 is 0 Å². The first kappa shape index (κ1) is 7.46. The van der Waals surface area contributed by atoms with Gasteiger partial charge in [-0.1, -0.05) is 11.8 Å². The topological polar surface area (TPSA) is 21.3 Å². The lowest BCUT2D eigenvalue weighted by molar-refractivity contribution is 0.301. The van der Waals surface area contributed by atoms with Crippen LogP contribution in [-0.2, 0) is 4.43 Å². The van der Waals surface area contributed by atoms with Gasteiger partial charge in [-0.25, -0.2) is 0 Å². The number of thioether (sulfide) groups is 1. The highest BCUT2D eigenvalue weighted by atomic mass is 32.2. The lowest BCUT2D eigenvalue weighted by Gasteiger charge is -2.13. The van der Waals surface area contributed by atoms with Gasteiger partial charge in [-0.2, -0.15) is 0 Å². The molecule has 0 aliphatic carbocycles. The smallest absolute Gasteiger partial charge is 0.147 e. The minimum Gasteiger partial charge on any atom is -0.416 e. The highest BCUT2D eigenvalue weighted by molar-refractivity contribution is 8.03. The Labute approximate surface area is 73.6 Å². The molecule has 0 saturated carbocycles. The van der Waals surface area contributed by atoms with E-state index in [0.29, 0.717) is 11.5 Å². The number of dihydropyridines is 1. The molecule has 1 fully saturated rings. The monoisotopic (exact) mass is 185 g/mol. The first-order chi connectivity index (χ1) is 5.40. The van der Waals surface area contributed by atoms with Crippen molar-refractivity contribution < 1.29 is 4.43 Å². The summed E-state index contributed by atoms with van der Waals surface area (Å²) in [5.74, 6) is 0. The predicted molar refractivity (Wildman–Crippen MR) is 51.2 cm³/mol. The Morgan fingerprint density at radius 2 is 2.64 bits per heavy atom. The van der Waals surface area contributed by atoms with E-state index in [4.69, 9.17) is 4.43 Å². The van der Waals surface area contributed by atoms with Crippen molar-refractivity contribution in [1.82, 2.24) is 5.32 Å². The SMILES string of the molecule is [SiH3]OC1CC2NC=CC=C2S1. The average molecular weight is 185 g/mol. The molecule has 1 saturated heterocycles. The van der Waals surface area contributed by atoms with Crippen molar-refractivity contribution in [2.45, 2.75) is 17.9 Å². The molecule has 0 bridgehead atoms. The molecule has 4 heteroatoms. The van der Waals surface area contributed by atoms with Gasteiger partial charge >= 0.3 is 0 Å². The van der Waals surface area contributed by atoms with Crippen molar-refractivity contribution in [2.75, 3.05) is 0 Å². The molecule has 2 heterocycles. The van der Waals surface area contributed by atoms with Crippen LogP contribution in [0, 0.1) is 0 Å². The summed E-state index contributed by atoms with van der Waals surface area (Å²) >= 11 is 1.85. The standard InChI is InChI=1S/C7H11NOSSi/c11-9-7-4-5-6(10-7)2-1-3-8-5/h1-3,5,7-8H,4H2,11H3. The molecular formula is C7H11NOSSi. The summed E-state index contributed by atoms with van der Waals surface area (Å²) in [7, 11) is 0.843. The predicted octanol–water partition coefficient (Wildman–Crippen LogP) is 0.116. The molecule has 60 valence electrons. The van der Waals surface area contributed by atoms with Crippen LogP contribution in [-0.4, -0.2) is 22.0 Å². The van der Waals surface area contributed by atoms with Gasteiger partial charge in [-0.15, -0.1) is 0 Å². The maximum atomic E-state index is 5.40. The van der Waals surface area contributed by atoms with E-state index in [1.165, 1.54) is 4.91 Å². The third kappa shape index (κ3) is 1.38. The molecule has 2 aliphatic heterocycles. The van der Waals surface area contributed by atoms with Crippen LogP contribution >= 0.6 is 11.8 Å². The molecule has 1 N–H and O–H groups in total. The van der Waals surface area contributed by atoms with Gasteiger partial charge in [0.25, 0.3) is 0 Å². The Morgan fingerprint density at radius 1 is 1.73 bits per heavy atom. The molecule has 0 amide bonds. The van der Waals surface area contributed by atoms with E-state index >= 15 is 0 Å². The Balaban J connectivity index is 2.09. The van der Waals surface area contributed by atoms with Crippen molar-refractivity contribution in [1.29, 1.82) is 0 Å². The van der Waals surface area contributed by atoms with Crippen molar-refractivity contribution in [3.05, 3.63) is 23.3 Å². The van der Waals surface area contributed by atoms with E-state index in [-0.39, 0.29) is 0 Å². The molecule has 2 aliphatic rings. The van der Waals surface area contributed by atoms with Crippen LogP contribution in [0.2, 0.25) is 0 Å². The molecule has 0 spiro atoms. The molecular weight excluding hydrogens is 174 g/mol. The maximum absolute atomic E-state index is 5.40. The zero-order chi connectivity index (χ0) is 7.68. The summed E-state index contributed by atoms with van der Waals surface area (Å²) in [6.07, 6.45) is 7.34. The second-order valence-corrected chi connectivity index (χ2v) is 4.37. The van der Waals surface area contributed by atoms with Gasteiger partial charge in [0.1, 0.15) is 10.5 Å². The third-order valence-electron chi connectivity index (χ3n) is 1.96. The lowest BCUT2D eigenvalue weighted by atomic mass is 10.2. The zero-order valence-corrected chi connectivity index (χ0v) is 9.23. The highest BCUT2D eigenvalue weighted by Gasteiger charge is 2.29.